The molecule has 1 aliphatic rings. The molecule has 252 valence electrons. The Kier molecular flexibility index (Phi) is 12.3. The molecular formula is C38H53N7OS. The Morgan fingerprint density at radius 3 is 2.06 bits per heavy atom. The minimum atomic E-state index is -0.466. The van der Waals surface area contributed by atoms with Crippen LogP contribution in [0.4, 0.5) is 10.1 Å². The highest BCUT2D eigenvalue weighted by atomic mass is 32.1. The number of benzene rings is 1. The number of unbranched alkanes of at least 4 members (excludes halogenated alkanes) is 2. The second kappa shape index (κ2) is 16.0. The molecule has 0 radical (unpaired) electrons. The Labute approximate surface area is 286 Å². The third kappa shape index (κ3) is 8.45. The van der Waals surface area contributed by atoms with Crippen molar-refractivity contribution < 1.29 is 4.79 Å². The highest BCUT2D eigenvalue weighted by Crippen LogP contribution is 2.42. The number of thiazole rings is 1. The minimum absolute atomic E-state index is 0.0354. The highest BCUT2D eigenvalue weighted by Gasteiger charge is 2.35. The molecule has 2 atom stereocenters. The van der Waals surface area contributed by atoms with Crippen LogP contribution in [-0.4, -0.2) is 44.5 Å². The number of carbonyl (C=O) groups excluding carboxylic acids is 1. The van der Waals surface area contributed by atoms with Crippen LogP contribution in [0.5, 0.6) is 0 Å². The van der Waals surface area contributed by atoms with Crippen LogP contribution in [0.25, 0.3) is 11.3 Å². The molecule has 0 fully saturated rings. The standard InChI is InChI=1S/C38H53N7OS/c1-10-14-16-27(12-3)23-44(24-28(13-4)17-15-11-2)37-41-32(29-20-18-25(5)19-21-29)34(47-37)40-31-26(6)30(22-39)35(46)45-33(31)42-36(43-45)38(7,8)9/h18-21,27-28H,10-17,23-24H2,1-9H3. The monoisotopic (exact) mass is 655 g/mol. The lowest BCUT2D eigenvalue weighted by molar-refractivity contribution is 0.0941. The number of fused-ring (bicyclic) bond motifs is 1. The van der Waals surface area contributed by atoms with E-state index in [4.69, 9.17) is 15.0 Å². The van der Waals surface area contributed by atoms with Gasteiger partial charge in [-0.05, 0) is 38.5 Å². The average molecular weight is 656 g/mol. The van der Waals surface area contributed by atoms with Crippen LogP contribution >= 0.6 is 11.3 Å². The molecule has 1 aromatic carbocycles. The summed E-state index contributed by atoms with van der Waals surface area (Å²) in [5.74, 6) is 1.61. The molecule has 0 saturated heterocycles. The summed E-state index contributed by atoms with van der Waals surface area (Å²) in [6.07, 6.45) is 9.54. The predicted molar refractivity (Wildman–Crippen MR) is 195 cm³/mol. The van der Waals surface area contributed by atoms with Crippen LogP contribution in [-0.2, 0) is 5.41 Å². The predicted octanol–water partition coefficient (Wildman–Crippen LogP) is 9.86. The first-order valence-electron chi connectivity index (χ1n) is 17.5. The van der Waals surface area contributed by atoms with Gasteiger partial charge in [-0.15, -0.1) is 5.10 Å². The molecule has 0 bridgehead atoms. The third-order valence-corrected chi connectivity index (χ3v) is 10.2. The summed E-state index contributed by atoms with van der Waals surface area (Å²) in [6, 6.07) is 10.5. The van der Waals surface area contributed by atoms with Crippen molar-refractivity contribution in [2.75, 3.05) is 18.0 Å². The largest absolute Gasteiger partial charge is 0.347 e. The van der Waals surface area contributed by atoms with E-state index in [0.29, 0.717) is 34.8 Å². The van der Waals surface area contributed by atoms with Gasteiger partial charge in [0.25, 0.3) is 5.91 Å². The minimum Gasteiger partial charge on any atom is -0.347 e. The number of rotatable bonds is 15. The summed E-state index contributed by atoms with van der Waals surface area (Å²) >= 11 is 1.59. The lowest BCUT2D eigenvalue weighted by Crippen LogP contribution is -2.34. The van der Waals surface area contributed by atoms with E-state index in [9.17, 15) is 10.1 Å². The van der Waals surface area contributed by atoms with E-state index in [1.807, 2.05) is 20.8 Å². The summed E-state index contributed by atoms with van der Waals surface area (Å²) in [6.45, 7) is 21.0. The Hall–Kier alpha value is -3.64. The number of anilines is 1. The van der Waals surface area contributed by atoms with Gasteiger partial charge in [-0.3, -0.25) is 4.79 Å². The van der Waals surface area contributed by atoms with Crippen LogP contribution < -0.4 is 4.90 Å². The zero-order chi connectivity index (χ0) is 34.3. The number of carbonyl (C=O) groups is 1. The molecule has 0 spiro atoms. The average Bonchev–Trinajstić information content (AvgIpc) is 3.69. The van der Waals surface area contributed by atoms with Gasteiger partial charge in [-0.2, -0.15) is 9.94 Å². The number of nitriles is 1. The Morgan fingerprint density at radius 2 is 1.55 bits per heavy atom. The fourth-order valence-electron chi connectivity index (χ4n) is 5.94. The van der Waals surface area contributed by atoms with Crippen molar-refractivity contribution in [1.29, 1.82) is 5.26 Å². The first kappa shape index (κ1) is 36.2. The number of allylic oxidation sites excluding steroid dienone is 2. The molecule has 3 heterocycles. The number of aryl methyl sites for hydroxylation is 1. The normalized spacial score (nSPS) is 15.6. The summed E-state index contributed by atoms with van der Waals surface area (Å²) in [7, 11) is 0. The highest BCUT2D eigenvalue weighted by molar-refractivity contribution is 7.19. The molecule has 9 heteroatoms. The molecule has 3 aromatic rings. The van der Waals surface area contributed by atoms with E-state index in [0.717, 1.165) is 47.3 Å². The van der Waals surface area contributed by atoms with Gasteiger partial charge in [0.15, 0.2) is 16.8 Å². The zero-order valence-electron chi connectivity index (χ0n) is 30.0. The van der Waals surface area contributed by atoms with E-state index < -0.39 is 5.91 Å². The molecule has 2 unspecified atom stereocenters. The molecule has 4 rings (SSSR count). The van der Waals surface area contributed by atoms with Crippen molar-refractivity contribution in [1.82, 2.24) is 19.7 Å². The molecule has 2 aromatic heterocycles. The van der Waals surface area contributed by atoms with Crippen molar-refractivity contribution in [3.8, 4) is 17.3 Å². The summed E-state index contributed by atoms with van der Waals surface area (Å²) in [5, 5.41) is 16.3. The Balaban J connectivity index is 1.92. The van der Waals surface area contributed by atoms with Crippen molar-refractivity contribution >= 4 is 33.1 Å². The van der Waals surface area contributed by atoms with Gasteiger partial charge in [0.05, 0.1) is 0 Å². The first-order chi connectivity index (χ1) is 22.4. The summed E-state index contributed by atoms with van der Waals surface area (Å²) < 4.78 is 1.25. The summed E-state index contributed by atoms with van der Waals surface area (Å²) in [4.78, 5) is 31.2. The quantitative estimate of drug-likeness (QED) is 0.162. The van der Waals surface area contributed by atoms with Gasteiger partial charge in [0.1, 0.15) is 28.0 Å². The van der Waals surface area contributed by atoms with E-state index >= 15 is 0 Å². The van der Waals surface area contributed by atoms with E-state index in [2.05, 4.69) is 75.0 Å². The second-order valence-electron chi connectivity index (χ2n) is 14.1. The first-order valence-corrected chi connectivity index (χ1v) is 18.3. The van der Waals surface area contributed by atoms with Gasteiger partial charge in [-0.25, -0.2) is 15.0 Å². The maximum atomic E-state index is 13.3. The number of hydrogen-bond acceptors (Lipinski definition) is 8. The SMILES string of the molecule is CCCCC(CC)CN(CC(CC)CCCC)c1nc(-c2ccc(C)cc2)c(N=C2C(C)=C(C#N)C(=O)n3nc(C(C)(C)C)nc32)s1. The molecule has 1 aliphatic heterocycles. The van der Waals surface area contributed by atoms with Crippen molar-refractivity contribution in [2.24, 2.45) is 16.8 Å². The zero-order valence-corrected chi connectivity index (χ0v) is 30.8. The number of aromatic nitrogens is 4. The maximum absolute atomic E-state index is 13.3. The molecule has 0 saturated carbocycles. The lowest BCUT2D eigenvalue weighted by Gasteiger charge is -2.30. The van der Waals surface area contributed by atoms with Gasteiger partial charge >= 0.3 is 0 Å². The number of aliphatic imine (C=N–C) groups is 1. The van der Waals surface area contributed by atoms with Crippen LogP contribution in [0.15, 0.2) is 40.4 Å². The number of hydrogen-bond donors (Lipinski definition) is 0. The molecular weight excluding hydrogens is 603 g/mol. The molecule has 0 aliphatic carbocycles. The lowest BCUT2D eigenvalue weighted by atomic mass is 9.96. The maximum Gasteiger partial charge on any atom is 0.291 e. The van der Waals surface area contributed by atoms with Crippen LogP contribution in [0, 0.1) is 30.1 Å². The fourth-order valence-corrected chi connectivity index (χ4v) is 6.93. The van der Waals surface area contributed by atoms with E-state index in [1.54, 1.807) is 18.3 Å². The van der Waals surface area contributed by atoms with Crippen molar-refractivity contribution in [3.63, 3.8) is 0 Å². The van der Waals surface area contributed by atoms with Gasteiger partial charge in [0, 0.05) is 29.6 Å². The molecule has 47 heavy (non-hydrogen) atoms. The van der Waals surface area contributed by atoms with Crippen LogP contribution in [0.3, 0.4) is 0 Å². The number of nitrogens with zero attached hydrogens (tertiary/aromatic N) is 7. The van der Waals surface area contributed by atoms with Gasteiger partial charge in [-0.1, -0.05) is 128 Å². The smallest absolute Gasteiger partial charge is 0.291 e. The Bertz CT molecular complexity index is 1610. The van der Waals surface area contributed by atoms with Crippen molar-refractivity contribution in [2.45, 2.75) is 119 Å². The van der Waals surface area contributed by atoms with Gasteiger partial charge in [0.2, 0.25) is 0 Å². The fraction of sp³-hybridized carbons (Fsp3) is 0.579. The topological polar surface area (TPSA) is 100 Å². The molecule has 0 N–H and O–H groups in total. The van der Waals surface area contributed by atoms with E-state index in [1.165, 1.54) is 48.8 Å². The molecule has 8 nitrogen and oxygen atoms in total. The second-order valence-corrected chi connectivity index (χ2v) is 15.0. The van der Waals surface area contributed by atoms with Crippen LogP contribution in [0.1, 0.15) is 129 Å². The molecule has 0 amide bonds. The van der Waals surface area contributed by atoms with Crippen LogP contribution in [0.2, 0.25) is 0 Å². The van der Waals surface area contributed by atoms with Crippen molar-refractivity contribution in [3.05, 3.63) is 52.6 Å². The van der Waals surface area contributed by atoms with E-state index in [-0.39, 0.29) is 11.0 Å². The summed E-state index contributed by atoms with van der Waals surface area (Å²) in [5.41, 5.74) is 3.61. The van der Waals surface area contributed by atoms with Gasteiger partial charge < -0.3 is 4.90 Å². The third-order valence-electron chi connectivity index (χ3n) is 9.19. The Morgan fingerprint density at radius 1 is 0.957 bits per heavy atom.